The maximum atomic E-state index is 11.6. The van der Waals surface area contributed by atoms with Crippen LogP contribution in [-0.4, -0.2) is 22.8 Å². The van der Waals surface area contributed by atoms with E-state index >= 15 is 0 Å². The Balaban J connectivity index is 2.89. The first-order valence-electron chi connectivity index (χ1n) is 5.68. The second-order valence-electron chi connectivity index (χ2n) is 4.29. The molecule has 0 heterocycles. The Morgan fingerprint density at radius 3 is 2.42 bits per heavy atom. The highest BCUT2D eigenvalue weighted by atomic mass is 16.6. The maximum absolute atomic E-state index is 11.6. The zero-order valence-electron chi connectivity index (χ0n) is 10.9. The highest BCUT2D eigenvalue weighted by Crippen LogP contribution is 2.24. The average molecular weight is 265 g/mol. The van der Waals surface area contributed by atoms with Crippen molar-refractivity contribution in [2.75, 3.05) is 5.32 Å². The Bertz CT molecular complexity index is 526. The van der Waals surface area contributed by atoms with Gasteiger partial charge >= 0.3 is 11.8 Å². The van der Waals surface area contributed by atoms with Crippen molar-refractivity contribution in [1.82, 2.24) is 5.32 Å². The molecule has 1 aromatic carbocycles. The summed E-state index contributed by atoms with van der Waals surface area (Å²) in [7, 11) is 0. The van der Waals surface area contributed by atoms with E-state index in [1.54, 1.807) is 13.8 Å². The van der Waals surface area contributed by atoms with Crippen LogP contribution in [-0.2, 0) is 9.59 Å². The van der Waals surface area contributed by atoms with Gasteiger partial charge in [0.2, 0.25) is 0 Å². The Morgan fingerprint density at radius 1 is 1.26 bits per heavy atom. The average Bonchev–Trinajstić information content (AvgIpc) is 2.30. The van der Waals surface area contributed by atoms with Gasteiger partial charge in [0, 0.05) is 12.1 Å². The molecular weight excluding hydrogens is 250 g/mol. The van der Waals surface area contributed by atoms with Crippen LogP contribution in [0.1, 0.15) is 19.4 Å². The number of hydrogen-bond acceptors (Lipinski definition) is 4. The molecular formula is C12H15N3O4. The first-order valence-corrected chi connectivity index (χ1v) is 5.68. The third-order valence-corrected chi connectivity index (χ3v) is 2.38. The maximum Gasteiger partial charge on any atom is 0.313 e. The Morgan fingerprint density at radius 2 is 1.89 bits per heavy atom. The van der Waals surface area contributed by atoms with Crippen molar-refractivity contribution in [2.45, 2.75) is 26.8 Å². The van der Waals surface area contributed by atoms with E-state index in [1.165, 1.54) is 25.1 Å². The summed E-state index contributed by atoms with van der Waals surface area (Å²) in [4.78, 5) is 33.2. The molecule has 102 valence electrons. The van der Waals surface area contributed by atoms with Crippen LogP contribution in [0, 0.1) is 17.0 Å². The fourth-order valence-electron chi connectivity index (χ4n) is 1.46. The van der Waals surface area contributed by atoms with Crippen molar-refractivity contribution in [3.8, 4) is 0 Å². The van der Waals surface area contributed by atoms with Crippen LogP contribution < -0.4 is 10.6 Å². The van der Waals surface area contributed by atoms with Gasteiger partial charge in [-0.1, -0.05) is 6.07 Å². The van der Waals surface area contributed by atoms with Crippen molar-refractivity contribution in [3.05, 3.63) is 33.9 Å². The molecule has 1 rings (SSSR count). The van der Waals surface area contributed by atoms with Gasteiger partial charge in [0.05, 0.1) is 16.2 Å². The second kappa shape index (κ2) is 5.94. The van der Waals surface area contributed by atoms with Crippen molar-refractivity contribution >= 4 is 23.2 Å². The van der Waals surface area contributed by atoms with Gasteiger partial charge in [0.15, 0.2) is 0 Å². The number of nitrogens with zero attached hydrogens (tertiary/aromatic N) is 1. The van der Waals surface area contributed by atoms with E-state index in [2.05, 4.69) is 10.6 Å². The van der Waals surface area contributed by atoms with Crippen LogP contribution in [0.4, 0.5) is 11.4 Å². The van der Waals surface area contributed by atoms with E-state index in [0.717, 1.165) is 0 Å². The fourth-order valence-corrected chi connectivity index (χ4v) is 1.46. The Labute approximate surface area is 110 Å². The van der Waals surface area contributed by atoms with Crippen LogP contribution in [0.3, 0.4) is 0 Å². The molecule has 0 aliphatic rings. The number of nitrogens with one attached hydrogen (secondary N) is 2. The second-order valence-corrected chi connectivity index (χ2v) is 4.29. The minimum atomic E-state index is -0.850. The quantitative estimate of drug-likeness (QED) is 0.489. The lowest BCUT2D eigenvalue weighted by Crippen LogP contribution is -2.39. The number of carbonyl (C=O) groups is 2. The van der Waals surface area contributed by atoms with Gasteiger partial charge in [-0.15, -0.1) is 0 Å². The van der Waals surface area contributed by atoms with Crippen molar-refractivity contribution < 1.29 is 14.5 Å². The molecule has 0 bridgehead atoms. The van der Waals surface area contributed by atoms with Crippen molar-refractivity contribution in [1.29, 1.82) is 0 Å². The Hall–Kier alpha value is -2.44. The molecule has 1 aromatic rings. The molecule has 0 saturated heterocycles. The molecule has 0 saturated carbocycles. The fraction of sp³-hybridized carbons (Fsp3) is 0.333. The van der Waals surface area contributed by atoms with Gasteiger partial charge in [-0.05, 0) is 26.8 Å². The summed E-state index contributed by atoms with van der Waals surface area (Å²) in [5.74, 6) is -1.63. The van der Waals surface area contributed by atoms with Gasteiger partial charge < -0.3 is 10.6 Å². The molecule has 0 atom stereocenters. The molecule has 0 aliphatic heterocycles. The largest absolute Gasteiger partial charge is 0.346 e. The summed E-state index contributed by atoms with van der Waals surface area (Å²) in [6.07, 6.45) is 0. The molecule has 0 spiro atoms. The zero-order valence-corrected chi connectivity index (χ0v) is 10.9. The van der Waals surface area contributed by atoms with E-state index in [0.29, 0.717) is 5.56 Å². The third-order valence-electron chi connectivity index (χ3n) is 2.38. The van der Waals surface area contributed by atoms with Crippen LogP contribution in [0.5, 0.6) is 0 Å². The minimum absolute atomic E-state index is 0.109. The highest BCUT2D eigenvalue weighted by molar-refractivity contribution is 6.39. The number of anilines is 1. The van der Waals surface area contributed by atoms with Crippen LogP contribution in [0.2, 0.25) is 0 Å². The molecule has 7 heteroatoms. The summed E-state index contributed by atoms with van der Waals surface area (Å²) >= 11 is 0. The van der Waals surface area contributed by atoms with Crippen LogP contribution >= 0.6 is 0 Å². The molecule has 0 aromatic heterocycles. The van der Waals surface area contributed by atoms with E-state index in [-0.39, 0.29) is 17.4 Å². The lowest BCUT2D eigenvalue weighted by atomic mass is 10.1. The Kier molecular flexibility index (Phi) is 4.57. The van der Waals surface area contributed by atoms with Crippen molar-refractivity contribution in [3.63, 3.8) is 0 Å². The standard InChI is InChI=1S/C12H15N3O4/c1-7(2)13-11(16)12(17)14-9-5-4-6-10(8(9)3)15(18)19/h4-7H,1-3H3,(H,13,16)(H,14,17). The van der Waals surface area contributed by atoms with Crippen LogP contribution in [0.25, 0.3) is 0 Å². The summed E-state index contributed by atoms with van der Waals surface area (Å²) in [5.41, 5.74) is 0.443. The molecule has 2 amide bonds. The predicted molar refractivity (Wildman–Crippen MR) is 69.7 cm³/mol. The topological polar surface area (TPSA) is 101 Å². The third kappa shape index (κ3) is 3.77. The van der Waals surface area contributed by atoms with E-state index in [4.69, 9.17) is 0 Å². The lowest BCUT2D eigenvalue weighted by Gasteiger charge is -2.10. The summed E-state index contributed by atoms with van der Waals surface area (Å²) < 4.78 is 0. The number of benzene rings is 1. The van der Waals surface area contributed by atoms with E-state index in [9.17, 15) is 19.7 Å². The van der Waals surface area contributed by atoms with E-state index < -0.39 is 16.7 Å². The number of carbonyl (C=O) groups excluding carboxylic acids is 2. The molecule has 19 heavy (non-hydrogen) atoms. The number of amides is 2. The van der Waals surface area contributed by atoms with Crippen molar-refractivity contribution in [2.24, 2.45) is 0 Å². The summed E-state index contributed by atoms with van der Waals surface area (Å²) in [6, 6.07) is 4.12. The van der Waals surface area contributed by atoms with Crippen LogP contribution in [0.15, 0.2) is 18.2 Å². The normalized spacial score (nSPS) is 10.1. The SMILES string of the molecule is Cc1c(NC(=O)C(=O)NC(C)C)cccc1[N+](=O)[O-]. The van der Waals surface area contributed by atoms with Gasteiger partial charge in [-0.25, -0.2) is 0 Å². The molecule has 0 aliphatic carbocycles. The number of hydrogen-bond donors (Lipinski definition) is 2. The summed E-state index contributed by atoms with van der Waals surface area (Å²) in [5, 5.41) is 15.5. The zero-order chi connectivity index (χ0) is 14.6. The monoisotopic (exact) mass is 265 g/mol. The smallest absolute Gasteiger partial charge is 0.313 e. The molecule has 0 unspecified atom stereocenters. The summed E-state index contributed by atoms with van der Waals surface area (Å²) in [6.45, 7) is 4.96. The molecule has 7 nitrogen and oxygen atoms in total. The van der Waals surface area contributed by atoms with Gasteiger partial charge in [0.25, 0.3) is 5.69 Å². The molecule has 0 radical (unpaired) electrons. The minimum Gasteiger partial charge on any atom is -0.346 e. The number of nitro benzene ring substituents is 1. The van der Waals surface area contributed by atoms with Gasteiger partial charge in [-0.2, -0.15) is 0 Å². The number of nitro groups is 1. The first-order chi connectivity index (χ1) is 8.82. The molecule has 0 fully saturated rings. The van der Waals surface area contributed by atoms with Gasteiger partial charge in [-0.3, -0.25) is 19.7 Å². The first kappa shape index (κ1) is 14.6. The molecule has 2 N–H and O–H groups in total. The number of rotatable bonds is 3. The highest BCUT2D eigenvalue weighted by Gasteiger charge is 2.18. The lowest BCUT2D eigenvalue weighted by molar-refractivity contribution is -0.385. The predicted octanol–water partition coefficient (Wildman–Crippen LogP) is 1.37. The van der Waals surface area contributed by atoms with Gasteiger partial charge in [0.1, 0.15) is 0 Å². The van der Waals surface area contributed by atoms with E-state index in [1.807, 2.05) is 0 Å².